The Balaban J connectivity index is 0.00000121. The van der Waals surface area contributed by atoms with Crippen LogP contribution in [0.1, 0.15) is 18.4 Å². The molecule has 0 saturated carbocycles. The maximum atomic E-state index is 10.7. The molecular weight excluding hydrogens is 258 g/mol. The third-order valence-corrected chi connectivity index (χ3v) is 2.67. The van der Waals surface area contributed by atoms with Crippen molar-refractivity contribution < 1.29 is 40.6 Å². The summed E-state index contributed by atoms with van der Waals surface area (Å²) in [6.45, 7) is 1.43. The molecule has 0 bridgehead atoms. The summed E-state index contributed by atoms with van der Waals surface area (Å²) in [6.07, 6.45) is 2.99. The third kappa shape index (κ3) is 2.94. The Morgan fingerprint density at radius 2 is 2.25 bits per heavy atom. The Bertz CT molecular complexity index is 270. The fraction of sp³-hybridized carbons (Fsp3) is 0.400. The molecule has 1 unspecified atom stereocenters. The number of aromatic amines is 1. The maximum Gasteiger partial charge on any atom is 0.335 e. The second-order valence-corrected chi connectivity index (χ2v) is 4.19. The smallest absolute Gasteiger partial charge is 0.335 e. The van der Waals surface area contributed by atoms with Gasteiger partial charge in [0.05, 0.1) is 0 Å². The molecule has 1 aromatic rings. The molecule has 0 aliphatic rings. The molecule has 0 amide bonds. The van der Waals surface area contributed by atoms with Gasteiger partial charge in [0.25, 0.3) is 0 Å². The van der Waals surface area contributed by atoms with Crippen molar-refractivity contribution in [2.45, 2.75) is 12.6 Å². The van der Waals surface area contributed by atoms with Gasteiger partial charge in [0, 0.05) is 38.6 Å². The molecule has 0 radical (unpaired) electrons. The van der Waals surface area contributed by atoms with Crippen molar-refractivity contribution in [1.82, 2.24) is 9.97 Å². The molecule has 7 heteroatoms. The Hall–Kier alpha value is 0.243. The van der Waals surface area contributed by atoms with Crippen molar-refractivity contribution in [2.75, 3.05) is 0 Å². The Morgan fingerprint density at radius 1 is 1.67 bits per heavy atom. The monoisotopic (exact) mass is 266 g/mol. The van der Waals surface area contributed by atoms with Gasteiger partial charge in [-0.2, -0.15) is 0 Å². The van der Waals surface area contributed by atoms with Crippen LogP contribution in [-0.4, -0.2) is 19.8 Å². The first-order chi connectivity index (χ1) is 5.02. The number of aromatic nitrogens is 2. The number of rotatable bonds is 2. The summed E-state index contributed by atoms with van der Waals surface area (Å²) >= 11 is 0. The molecule has 12 heavy (non-hydrogen) atoms. The molecule has 0 saturated heterocycles. The zero-order valence-electron chi connectivity index (χ0n) is 6.43. The van der Waals surface area contributed by atoms with E-state index in [0.717, 1.165) is 0 Å². The molecule has 0 aromatic carbocycles. The molecule has 1 aromatic heterocycles. The summed E-state index contributed by atoms with van der Waals surface area (Å²) in [5, 5.41) is 0. The number of hydrogen-bond acceptors (Lipinski definition) is 2. The molecule has 66 valence electrons. The fourth-order valence-electron chi connectivity index (χ4n) is 0.665. The summed E-state index contributed by atoms with van der Waals surface area (Å²) in [4.78, 5) is 23.8. The van der Waals surface area contributed by atoms with Gasteiger partial charge in [0.1, 0.15) is 11.5 Å². The SMILES string of the molecule is CC(c1ncc[nH]1)P(=O)(O)O.[Zr]. The molecule has 0 aliphatic carbocycles. The summed E-state index contributed by atoms with van der Waals surface area (Å²) < 4.78 is 10.7. The molecule has 1 atom stereocenters. The quantitative estimate of drug-likeness (QED) is 0.687. The zero-order valence-corrected chi connectivity index (χ0v) is 9.78. The normalized spacial score (nSPS) is 13.6. The summed E-state index contributed by atoms with van der Waals surface area (Å²) in [5.41, 5.74) is -0.850. The van der Waals surface area contributed by atoms with E-state index in [9.17, 15) is 4.57 Å². The van der Waals surface area contributed by atoms with E-state index in [0.29, 0.717) is 5.82 Å². The van der Waals surface area contributed by atoms with Gasteiger partial charge in [-0.15, -0.1) is 0 Å². The zero-order chi connectivity index (χ0) is 8.48. The van der Waals surface area contributed by atoms with Crippen LogP contribution in [0.2, 0.25) is 0 Å². The van der Waals surface area contributed by atoms with Crippen molar-refractivity contribution in [3.8, 4) is 0 Å². The number of imidazole rings is 1. The van der Waals surface area contributed by atoms with E-state index in [2.05, 4.69) is 9.97 Å². The van der Waals surface area contributed by atoms with E-state index in [4.69, 9.17) is 9.79 Å². The standard InChI is InChI=1S/C5H9N2O3P.Zr/c1-4(11(8,9)10)5-6-2-3-7-5;/h2-4H,1H3,(H,6,7)(H2,8,9,10);. The van der Waals surface area contributed by atoms with Crippen LogP contribution in [0.15, 0.2) is 12.4 Å². The number of H-pyrrole nitrogens is 1. The van der Waals surface area contributed by atoms with Crippen LogP contribution in [-0.2, 0) is 30.8 Å². The van der Waals surface area contributed by atoms with E-state index in [1.807, 2.05) is 0 Å². The van der Waals surface area contributed by atoms with Gasteiger partial charge in [-0.1, -0.05) is 0 Å². The fourth-order valence-corrected chi connectivity index (χ4v) is 1.13. The average molecular weight is 267 g/mol. The summed E-state index contributed by atoms with van der Waals surface area (Å²) in [6, 6.07) is 0. The molecule has 0 spiro atoms. The average Bonchev–Trinajstić information content (AvgIpc) is 2.34. The third-order valence-electron chi connectivity index (χ3n) is 1.42. The van der Waals surface area contributed by atoms with E-state index in [1.165, 1.54) is 19.3 Å². The van der Waals surface area contributed by atoms with Crippen LogP contribution in [0.4, 0.5) is 0 Å². The molecule has 0 fully saturated rings. The first-order valence-electron chi connectivity index (χ1n) is 3.06. The van der Waals surface area contributed by atoms with Gasteiger partial charge >= 0.3 is 7.60 Å². The Morgan fingerprint density at radius 3 is 2.58 bits per heavy atom. The molecule has 5 nitrogen and oxygen atoms in total. The van der Waals surface area contributed by atoms with E-state index >= 15 is 0 Å². The Labute approximate surface area is 88.9 Å². The van der Waals surface area contributed by atoms with Crippen LogP contribution >= 0.6 is 7.60 Å². The van der Waals surface area contributed by atoms with Crippen LogP contribution < -0.4 is 0 Å². The predicted molar refractivity (Wildman–Crippen MR) is 39.0 cm³/mol. The molecular formula is C5H9N2O3PZr. The topological polar surface area (TPSA) is 86.2 Å². The number of nitrogens with zero attached hydrogens (tertiary/aromatic N) is 1. The largest absolute Gasteiger partial charge is 0.348 e. The van der Waals surface area contributed by atoms with Gasteiger partial charge in [-0.05, 0) is 6.92 Å². The van der Waals surface area contributed by atoms with Crippen molar-refractivity contribution in [3.63, 3.8) is 0 Å². The van der Waals surface area contributed by atoms with Crippen molar-refractivity contribution in [2.24, 2.45) is 0 Å². The summed E-state index contributed by atoms with van der Waals surface area (Å²) in [5.74, 6) is 0.318. The second-order valence-electron chi connectivity index (χ2n) is 2.24. The minimum atomic E-state index is -4.04. The Kier molecular flexibility index (Phi) is 4.56. The predicted octanol–water partition coefficient (Wildman–Crippen LogP) is 0.646. The summed E-state index contributed by atoms with van der Waals surface area (Å²) in [7, 11) is -4.04. The first kappa shape index (κ1) is 12.2. The van der Waals surface area contributed by atoms with Crippen LogP contribution in [0.5, 0.6) is 0 Å². The molecule has 0 aliphatic heterocycles. The van der Waals surface area contributed by atoms with Crippen molar-refractivity contribution in [3.05, 3.63) is 18.2 Å². The second kappa shape index (κ2) is 4.47. The van der Waals surface area contributed by atoms with Crippen LogP contribution in [0.3, 0.4) is 0 Å². The molecule has 3 N–H and O–H groups in total. The van der Waals surface area contributed by atoms with E-state index in [1.54, 1.807) is 0 Å². The van der Waals surface area contributed by atoms with Gasteiger partial charge in [0.15, 0.2) is 0 Å². The van der Waals surface area contributed by atoms with Crippen LogP contribution in [0.25, 0.3) is 0 Å². The molecule has 1 heterocycles. The van der Waals surface area contributed by atoms with Crippen molar-refractivity contribution >= 4 is 7.60 Å². The molecule has 1 rings (SSSR count). The number of nitrogens with one attached hydrogen (secondary N) is 1. The van der Waals surface area contributed by atoms with E-state index < -0.39 is 13.3 Å². The minimum Gasteiger partial charge on any atom is -0.348 e. The number of hydrogen-bond donors (Lipinski definition) is 3. The van der Waals surface area contributed by atoms with E-state index in [-0.39, 0.29) is 26.2 Å². The van der Waals surface area contributed by atoms with Crippen molar-refractivity contribution in [1.29, 1.82) is 0 Å². The van der Waals surface area contributed by atoms with Gasteiger partial charge < -0.3 is 14.8 Å². The van der Waals surface area contributed by atoms with Crippen LogP contribution in [0, 0.1) is 0 Å². The van der Waals surface area contributed by atoms with Gasteiger partial charge in [0.2, 0.25) is 0 Å². The van der Waals surface area contributed by atoms with Gasteiger partial charge in [-0.25, -0.2) is 4.98 Å². The maximum absolute atomic E-state index is 10.7. The van der Waals surface area contributed by atoms with Gasteiger partial charge in [-0.3, -0.25) is 4.57 Å². The minimum absolute atomic E-state index is 0. The first-order valence-corrected chi connectivity index (χ1v) is 4.74.